The molecular weight excluding hydrogens is 330 g/mol. The van der Waals surface area contributed by atoms with Crippen LogP contribution in [0.4, 0.5) is 5.69 Å². The van der Waals surface area contributed by atoms with Crippen LogP contribution in [0.15, 0.2) is 24.3 Å². The molecule has 1 aliphatic rings. The summed E-state index contributed by atoms with van der Waals surface area (Å²) in [5, 5.41) is 2.85. The highest BCUT2D eigenvalue weighted by atomic mass is 16.5. The van der Waals surface area contributed by atoms with Gasteiger partial charge in [0.15, 0.2) is 0 Å². The van der Waals surface area contributed by atoms with Crippen LogP contribution in [0.25, 0.3) is 0 Å². The molecule has 1 heterocycles. The van der Waals surface area contributed by atoms with E-state index in [1.165, 1.54) is 0 Å². The van der Waals surface area contributed by atoms with Crippen molar-refractivity contribution < 1.29 is 14.3 Å². The maximum atomic E-state index is 12.8. The smallest absolute Gasteiger partial charge is 0.239 e. The van der Waals surface area contributed by atoms with Gasteiger partial charge in [-0.1, -0.05) is 19.9 Å². The Kier molecular flexibility index (Phi) is 7.03. The van der Waals surface area contributed by atoms with Crippen molar-refractivity contribution >= 4 is 17.5 Å². The van der Waals surface area contributed by atoms with Gasteiger partial charge in [-0.25, -0.2) is 0 Å². The Hall–Kier alpha value is -2.08. The summed E-state index contributed by atoms with van der Waals surface area (Å²) in [6.07, 6.45) is 1.16. The van der Waals surface area contributed by atoms with E-state index >= 15 is 0 Å². The van der Waals surface area contributed by atoms with Gasteiger partial charge in [-0.15, -0.1) is 0 Å². The van der Waals surface area contributed by atoms with Crippen LogP contribution in [-0.4, -0.2) is 61.4 Å². The monoisotopic (exact) mass is 361 g/mol. The standard InChI is InChI=1S/C20H31N3O3/c1-14-9-15(2)12-23(11-14)20(25)16(3)22(4)13-19(24)21-17-7-6-8-18(10-17)26-5/h6-8,10,14-16H,9,11-13H2,1-5H3,(H,21,24)/t14-,15-,16-/m1/s1. The number of carbonyl (C=O) groups is 2. The van der Waals surface area contributed by atoms with Gasteiger partial charge >= 0.3 is 0 Å². The van der Waals surface area contributed by atoms with E-state index in [1.807, 2.05) is 37.1 Å². The van der Waals surface area contributed by atoms with Crippen molar-refractivity contribution in [1.82, 2.24) is 9.80 Å². The molecule has 0 bridgehead atoms. The van der Waals surface area contributed by atoms with Crippen LogP contribution in [0, 0.1) is 11.8 Å². The van der Waals surface area contributed by atoms with Crippen molar-refractivity contribution in [2.75, 3.05) is 39.1 Å². The fraction of sp³-hybridized carbons (Fsp3) is 0.600. The number of hydrogen-bond donors (Lipinski definition) is 1. The predicted molar refractivity (Wildman–Crippen MR) is 103 cm³/mol. The van der Waals surface area contributed by atoms with Crippen molar-refractivity contribution in [3.8, 4) is 5.75 Å². The van der Waals surface area contributed by atoms with Crippen LogP contribution >= 0.6 is 0 Å². The lowest BCUT2D eigenvalue weighted by Crippen LogP contribution is -2.51. The molecule has 0 radical (unpaired) electrons. The highest BCUT2D eigenvalue weighted by Gasteiger charge is 2.30. The number of rotatable bonds is 6. The Morgan fingerprint density at radius 1 is 1.31 bits per heavy atom. The largest absolute Gasteiger partial charge is 0.497 e. The van der Waals surface area contributed by atoms with Crippen LogP contribution in [0.5, 0.6) is 5.75 Å². The van der Waals surface area contributed by atoms with E-state index in [4.69, 9.17) is 4.74 Å². The molecule has 0 unspecified atom stereocenters. The number of likely N-dealkylation sites (tertiary alicyclic amines) is 1. The molecule has 0 aromatic heterocycles. The van der Waals surface area contributed by atoms with Crippen LogP contribution in [-0.2, 0) is 9.59 Å². The van der Waals surface area contributed by atoms with Gasteiger partial charge in [-0.2, -0.15) is 0 Å². The average molecular weight is 361 g/mol. The highest BCUT2D eigenvalue weighted by molar-refractivity contribution is 5.93. The minimum atomic E-state index is -0.330. The van der Waals surface area contributed by atoms with Gasteiger partial charge in [0.05, 0.1) is 19.7 Å². The molecule has 3 atom stereocenters. The first-order valence-corrected chi connectivity index (χ1v) is 9.23. The normalized spacial score (nSPS) is 21.4. The lowest BCUT2D eigenvalue weighted by Gasteiger charge is -2.38. The van der Waals surface area contributed by atoms with Crippen molar-refractivity contribution in [1.29, 1.82) is 0 Å². The topological polar surface area (TPSA) is 61.9 Å². The SMILES string of the molecule is COc1cccc(NC(=O)CN(C)[C@H](C)C(=O)N2C[C@H](C)C[C@@H](C)C2)c1. The summed E-state index contributed by atoms with van der Waals surface area (Å²) in [6, 6.07) is 6.89. The zero-order valence-electron chi connectivity index (χ0n) is 16.5. The molecule has 0 saturated carbocycles. The maximum Gasteiger partial charge on any atom is 0.239 e. The summed E-state index contributed by atoms with van der Waals surface area (Å²) in [7, 11) is 3.40. The molecule has 26 heavy (non-hydrogen) atoms. The molecule has 2 rings (SSSR count). The molecule has 1 aromatic rings. The number of nitrogens with one attached hydrogen (secondary N) is 1. The minimum absolute atomic E-state index is 0.0973. The fourth-order valence-corrected chi connectivity index (χ4v) is 3.56. The van der Waals surface area contributed by atoms with E-state index in [-0.39, 0.29) is 24.4 Å². The summed E-state index contributed by atoms with van der Waals surface area (Å²) in [4.78, 5) is 28.8. The molecule has 0 spiro atoms. The first-order chi connectivity index (χ1) is 12.3. The third kappa shape index (κ3) is 5.46. The van der Waals surface area contributed by atoms with E-state index in [1.54, 1.807) is 18.1 Å². The summed E-state index contributed by atoms with van der Waals surface area (Å²) in [5.74, 6) is 1.68. The van der Waals surface area contributed by atoms with Gasteiger partial charge < -0.3 is 15.0 Å². The van der Waals surface area contributed by atoms with Gasteiger partial charge in [0.2, 0.25) is 11.8 Å². The summed E-state index contributed by atoms with van der Waals surface area (Å²) in [5.41, 5.74) is 0.681. The van der Waals surface area contributed by atoms with Crippen molar-refractivity contribution in [3.05, 3.63) is 24.3 Å². The number of piperidine rings is 1. The Labute approximate surface area is 156 Å². The zero-order chi connectivity index (χ0) is 19.3. The third-order valence-corrected chi connectivity index (χ3v) is 4.95. The van der Waals surface area contributed by atoms with Crippen molar-refractivity contribution in [3.63, 3.8) is 0 Å². The number of anilines is 1. The number of hydrogen-bond acceptors (Lipinski definition) is 4. The quantitative estimate of drug-likeness (QED) is 0.845. The van der Waals surface area contributed by atoms with Crippen LogP contribution in [0.1, 0.15) is 27.2 Å². The molecule has 144 valence electrons. The molecule has 6 nitrogen and oxygen atoms in total. The van der Waals surface area contributed by atoms with Crippen molar-refractivity contribution in [2.45, 2.75) is 33.2 Å². The lowest BCUT2D eigenvalue weighted by molar-refractivity contribution is -0.139. The van der Waals surface area contributed by atoms with E-state index in [2.05, 4.69) is 19.2 Å². The molecule has 2 amide bonds. The molecule has 0 aliphatic carbocycles. The van der Waals surface area contributed by atoms with Crippen molar-refractivity contribution in [2.24, 2.45) is 11.8 Å². The van der Waals surface area contributed by atoms with E-state index in [0.29, 0.717) is 23.3 Å². The Morgan fingerprint density at radius 3 is 2.58 bits per heavy atom. The van der Waals surface area contributed by atoms with Gasteiger partial charge in [0.25, 0.3) is 0 Å². The predicted octanol–water partition coefficient (Wildman–Crippen LogP) is 2.46. The van der Waals surface area contributed by atoms with Gasteiger partial charge in [-0.05, 0) is 44.4 Å². The number of ether oxygens (including phenoxy) is 1. The molecule has 1 N–H and O–H groups in total. The second kappa shape index (κ2) is 9.03. The number of amides is 2. The Morgan fingerprint density at radius 2 is 1.96 bits per heavy atom. The molecular formula is C20H31N3O3. The van der Waals surface area contributed by atoms with Gasteiger partial charge in [-0.3, -0.25) is 14.5 Å². The van der Waals surface area contributed by atoms with Crippen LogP contribution in [0.3, 0.4) is 0 Å². The average Bonchev–Trinajstić information content (AvgIpc) is 2.59. The number of carbonyl (C=O) groups excluding carboxylic acids is 2. The number of nitrogens with zero attached hydrogens (tertiary/aromatic N) is 2. The summed E-state index contributed by atoms with van der Waals surface area (Å²) in [6.45, 7) is 8.00. The molecule has 1 fully saturated rings. The summed E-state index contributed by atoms with van der Waals surface area (Å²) < 4.78 is 5.16. The number of benzene rings is 1. The van der Waals surface area contributed by atoms with Crippen LogP contribution in [0.2, 0.25) is 0 Å². The molecule has 1 aliphatic heterocycles. The molecule has 1 aromatic carbocycles. The fourth-order valence-electron chi connectivity index (χ4n) is 3.56. The first kappa shape index (κ1) is 20.2. The Balaban J connectivity index is 1.89. The summed E-state index contributed by atoms with van der Waals surface area (Å²) >= 11 is 0. The highest BCUT2D eigenvalue weighted by Crippen LogP contribution is 2.22. The van der Waals surface area contributed by atoms with E-state index in [9.17, 15) is 9.59 Å². The van der Waals surface area contributed by atoms with Crippen LogP contribution < -0.4 is 10.1 Å². The third-order valence-electron chi connectivity index (χ3n) is 4.95. The number of likely N-dealkylation sites (N-methyl/N-ethyl adjacent to an activating group) is 1. The van der Waals surface area contributed by atoms with E-state index < -0.39 is 0 Å². The molecule has 1 saturated heterocycles. The molecule has 6 heteroatoms. The lowest BCUT2D eigenvalue weighted by atomic mass is 9.91. The maximum absolute atomic E-state index is 12.8. The van der Waals surface area contributed by atoms with Gasteiger partial charge in [0.1, 0.15) is 5.75 Å². The minimum Gasteiger partial charge on any atom is -0.497 e. The van der Waals surface area contributed by atoms with Gasteiger partial charge in [0, 0.05) is 24.8 Å². The van der Waals surface area contributed by atoms with E-state index in [0.717, 1.165) is 19.5 Å². The number of methoxy groups -OCH3 is 1. The first-order valence-electron chi connectivity index (χ1n) is 9.23. The zero-order valence-corrected chi connectivity index (χ0v) is 16.5. The Bertz CT molecular complexity index is 624. The second-order valence-corrected chi connectivity index (χ2v) is 7.56. The second-order valence-electron chi connectivity index (χ2n) is 7.56.